The molecule has 0 aromatic heterocycles. The first-order valence-corrected chi connectivity index (χ1v) is 46.6. The number of nitro benzene ring substituents is 1. The first kappa shape index (κ1) is 86.0. The summed E-state index contributed by atoms with van der Waals surface area (Å²) in [6, 6.07) is 15.1. The van der Waals surface area contributed by atoms with Gasteiger partial charge in [0.15, 0.2) is 14.0 Å². The largest absolute Gasteiger partial charge is 0.500 e. The molecule has 24 nitrogen and oxygen atoms in total. The summed E-state index contributed by atoms with van der Waals surface area (Å²) in [4.78, 5) is 44.7. The Hall–Kier alpha value is -3.04. The van der Waals surface area contributed by atoms with Crippen LogP contribution in [-0.4, -0.2) is 178 Å². The average Bonchev–Trinajstić information content (AvgIpc) is 1.99. The maximum atomic E-state index is 14.4. The molecule has 0 unspecified atom stereocenters. The van der Waals surface area contributed by atoms with Crippen molar-refractivity contribution in [3.05, 3.63) is 58.6 Å². The van der Waals surface area contributed by atoms with E-state index in [1.54, 1.807) is 36.4 Å². The fraction of sp³-hybridized carbons (Fsp3) is 0.750. The molecule has 31 heteroatoms. The van der Waals surface area contributed by atoms with Gasteiger partial charge in [0.1, 0.15) is 7.38 Å². The van der Waals surface area contributed by atoms with E-state index in [0.717, 1.165) is 38.0 Å². The number of nitro groups is 1. The Morgan fingerprint density at radius 2 is 0.839 bits per heavy atom. The standard InChI is InChI=1S/C28H55N3O9Si3.C18H43NO6Si2.C7H5N3O2.C3H9ClSi/c1-10-35-42(36-11-2,37-12-3)24-16-22-29(23-17-25-43(38-13-4,39-14-5)40-15-6)28(32)30(41(7,8)9)26-18-20-27(21-19-26)31(33)34;1-7-20-26(21-8-2,22-9-3)17-13-15-19-16-14-18-27(23-10-4,24-11-5)25-12-6;8-10-12-7-3-1-6(2-4-7)9-5-11;1-5(2,3)4/h18-21H,10-17,22-25H2,1-9H3;19H,7-18H2,1-6H3;1-4,8H;1-3H3. The van der Waals surface area contributed by atoms with Crippen molar-refractivity contribution in [2.45, 2.75) is 172 Å². The van der Waals surface area contributed by atoms with Crippen molar-refractivity contribution < 1.29 is 72.5 Å². The van der Waals surface area contributed by atoms with E-state index in [4.69, 9.17) is 69.7 Å². The zero-order valence-corrected chi connectivity index (χ0v) is 62.9. The van der Waals surface area contributed by atoms with Gasteiger partial charge in [-0.3, -0.25) is 10.1 Å². The highest BCUT2D eigenvalue weighted by molar-refractivity contribution is 7.18. The minimum absolute atomic E-state index is 0.0169. The number of amides is 2. The first-order valence-electron chi connectivity index (χ1n) is 30.9. The second kappa shape index (κ2) is 49.6. The Labute approximate surface area is 533 Å². The van der Waals surface area contributed by atoms with E-state index in [0.29, 0.717) is 134 Å². The summed E-state index contributed by atoms with van der Waals surface area (Å²) in [7, 11) is -14.3. The molecule has 0 spiro atoms. The number of hydrogen-bond donors (Lipinski definition) is 2. The molecule has 2 N–H and O–H groups in total. The van der Waals surface area contributed by atoms with E-state index in [1.165, 1.54) is 18.2 Å². The van der Waals surface area contributed by atoms with E-state index in [2.05, 4.69) is 59.7 Å². The normalized spacial score (nSPS) is 11.9. The van der Waals surface area contributed by atoms with E-state index in [-0.39, 0.29) is 11.7 Å². The molecule has 2 rings (SSSR count). The monoisotopic (exact) mass is 1360 g/mol. The van der Waals surface area contributed by atoms with Gasteiger partial charge in [-0.05, 0) is 158 Å². The number of anilines is 1. The zero-order valence-electron chi connectivity index (χ0n) is 56.1. The van der Waals surface area contributed by atoms with Crippen molar-refractivity contribution in [1.82, 2.24) is 10.2 Å². The summed E-state index contributed by atoms with van der Waals surface area (Å²) in [5.74, 6) is 0.426. The Morgan fingerprint density at radius 1 is 0.540 bits per heavy atom. The number of carbonyl (C=O) groups excluding carboxylic acids is 2. The summed E-state index contributed by atoms with van der Waals surface area (Å²) < 4.78 is 73.4. The lowest BCUT2D eigenvalue weighted by atomic mass is 10.3. The zero-order chi connectivity index (χ0) is 66.3. The van der Waals surface area contributed by atoms with Gasteiger partial charge in [-0.2, -0.15) is 21.6 Å². The molecule has 0 atom stereocenters. The summed E-state index contributed by atoms with van der Waals surface area (Å²) in [5.41, 5.74) is 7.50. The number of halogens is 1. The predicted molar refractivity (Wildman–Crippen MR) is 358 cm³/mol. The highest BCUT2D eigenvalue weighted by Crippen LogP contribution is 2.29. The maximum absolute atomic E-state index is 14.4. The number of hydrogen-bond acceptors (Lipinski definition) is 21. The third kappa shape index (κ3) is 38.4. The van der Waals surface area contributed by atoms with Crippen molar-refractivity contribution in [3.63, 3.8) is 0 Å². The molecule has 0 bridgehead atoms. The van der Waals surface area contributed by atoms with Crippen molar-refractivity contribution in [2.75, 3.05) is 110 Å². The topological polar surface area (TPSA) is 264 Å². The lowest BCUT2D eigenvalue weighted by molar-refractivity contribution is -0.384. The second-order valence-corrected chi connectivity index (χ2v) is 43.8. The summed E-state index contributed by atoms with van der Waals surface area (Å²) >= 11 is 5.67. The van der Waals surface area contributed by atoms with Crippen LogP contribution in [0.2, 0.25) is 63.5 Å². The molecule has 0 radical (unpaired) electrons. The summed E-state index contributed by atoms with van der Waals surface area (Å²) in [5, 5.41) is 17.5. The van der Waals surface area contributed by atoms with Crippen LogP contribution in [0, 0.1) is 15.6 Å². The molecule has 504 valence electrons. The molecular weight excluding hydrogens is 1250 g/mol. The third-order valence-corrected chi connectivity index (χ3v) is 25.9. The van der Waals surface area contributed by atoms with Crippen LogP contribution in [0.15, 0.2) is 58.8 Å². The molecule has 2 amide bonds. The quantitative estimate of drug-likeness (QED) is 0.00912. The van der Waals surface area contributed by atoms with E-state index >= 15 is 0 Å². The molecule has 0 aliphatic rings. The van der Waals surface area contributed by atoms with Gasteiger partial charge < -0.3 is 72.7 Å². The van der Waals surface area contributed by atoms with E-state index < -0.39 is 55.8 Å². The van der Waals surface area contributed by atoms with Crippen LogP contribution in [0.4, 0.5) is 21.9 Å². The average molecular weight is 1360 g/mol. The lowest BCUT2D eigenvalue weighted by Crippen LogP contribution is -2.56. The molecular formula is C56H112ClN7O17Si6. The Balaban J connectivity index is 0. The molecule has 0 saturated heterocycles. The number of nitrogens with zero attached hydrogens (tertiary/aromatic N) is 5. The number of isocyanates is 1. The van der Waals surface area contributed by atoms with Crippen LogP contribution in [0.3, 0.4) is 0 Å². The molecule has 2 aromatic rings. The van der Waals surface area contributed by atoms with Gasteiger partial charge in [-0.15, -0.1) is 0 Å². The van der Waals surface area contributed by atoms with Gasteiger partial charge in [0.25, 0.3) is 5.69 Å². The van der Waals surface area contributed by atoms with E-state index in [9.17, 15) is 19.7 Å². The summed E-state index contributed by atoms with van der Waals surface area (Å²) in [6.45, 7) is 45.4. The number of nitrogens with one attached hydrogen (secondary N) is 2. The van der Waals surface area contributed by atoms with E-state index in [1.807, 2.05) is 92.6 Å². The van der Waals surface area contributed by atoms with Crippen LogP contribution in [0.25, 0.3) is 0 Å². The Bertz CT molecular complexity index is 1990. The molecule has 0 aliphatic carbocycles. The molecule has 0 heterocycles. The fourth-order valence-electron chi connectivity index (χ4n) is 8.60. The molecule has 2 aromatic carbocycles. The maximum Gasteiger partial charge on any atom is 0.500 e. The van der Waals surface area contributed by atoms with Crippen LogP contribution >= 0.6 is 11.1 Å². The van der Waals surface area contributed by atoms with Gasteiger partial charge in [-0.1, -0.05) is 39.3 Å². The number of non-ortho nitro benzene ring substituents is 1. The SMILES string of the molecule is CCO[Si](CCCN(CCC[Si](OCC)(OCC)OCC)C(=O)N(c1ccc([N+](=O)[O-])cc1)[Si](C)(C)C)(OCC)OCC.CCO[Si](CCCNCCC[Si](OCC)(OCC)OCC)(OCC)OCC.C[Si](C)(C)Cl.N=NOc1ccc(N=C=O)cc1. The van der Waals surface area contributed by atoms with Gasteiger partial charge in [0, 0.05) is 140 Å². The van der Waals surface area contributed by atoms with Crippen LogP contribution in [0.5, 0.6) is 5.75 Å². The van der Waals surface area contributed by atoms with Gasteiger partial charge in [0.2, 0.25) is 6.08 Å². The highest BCUT2D eigenvalue weighted by Gasteiger charge is 2.44. The van der Waals surface area contributed by atoms with Crippen molar-refractivity contribution in [1.29, 1.82) is 5.53 Å². The number of benzene rings is 2. The van der Waals surface area contributed by atoms with Gasteiger partial charge in [0.05, 0.1) is 10.6 Å². The van der Waals surface area contributed by atoms with Crippen LogP contribution < -0.4 is 14.7 Å². The predicted octanol–water partition coefficient (Wildman–Crippen LogP) is 14.0. The number of aliphatic imine (C=N–C) groups is 1. The van der Waals surface area contributed by atoms with Crippen molar-refractivity contribution in [3.8, 4) is 5.75 Å². The fourth-order valence-corrected chi connectivity index (χ4v) is 20.7. The smallest absolute Gasteiger partial charge is 0.374 e. The molecule has 0 aliphatic heterocycles. The minimum Gasteiger partial charge on any atom is -0.374 e. The molecule has 0 fully saturated rings. The lowest BCUT2D eigenvalue weighted by Gasteiger charge is -2.39. The van der Waals surface area contributed by atoms with Gasteiger partial charge >= 0.3 is 41.2 Å². The Morgan fingerprint density at radius 3 is 1.09 bits per heavy atom. The second-order valence-electron chi connectivity index (χ2n) is 20.6. The molecule has 87 heavy (non-hydrogen) atoms. The van der Waals surface area contributed by atoms with Crippen LogP contribution in [-0.2, 0) is 57.9 Å². The van der Waals surface area contributed by atoms with Crippen molar-refractivity contribution >= 4 is 91.1 Å². The Kier molecular flexibility index (Phi) is 49.1. The third-order valence-electron chi connectivity index (χ3n) is 11.5. The van der Waals surface area contributed by atoms with Crippen molar-refractivity contribution in [2.24, 2.45) is 10.3 Å². The highest BCUT2D eigenvalue weighted by atomic mass is 35.6. The van der Waals surface area contributed by atoms with Gasteiger partial charge in [-0.25, -0.2) is 9.59 Å². The minimum atomic E-state index is -2.90. The number of carbonyl (C=O) groups is 1. The van der Waals surface area contributed by atoms with Crippen LogP contribution in [0.1, 0.15) is 109 Å². The number of urea groups is 1. The summed E-state index contributed by atoms with van der Waals surface area (Å²) in [6.07, 6.45) is 4.60. The molecule has 0 saturated carbocycles. The number of rotatable bonds is 46. The first-order chi connectivity index (χ1) is 41.3.